The highest BCUT2D eigenvalue weighted by atomic mass is 16.5. The lowest BCUT2D eigenvalue weighted by Crippen LogP contribution is -2.41. The summed E-state index contributed by atoms with van der Waals surface area (Å²) in [6.45, 7) is 6.11. The first-order valence-electron chi connectivity index (χ1n) is 7.96. The lowest BCUT2D eigenvalue weighted by molar-refractivity contribution is -0.120. The van der Waals surface area contributed by atoms with Crippen LogP contribution in [0.25, 0.3) is 0 Å². The summed E-state index contributed by atoms with van der Waals surface area (Å²) in [5, 5.41) is 6.41. The van der Waals surface area contributed by atoms with Crippen molar-refractivity contribution in [1.29, 1.82) is 0 Å². The Morgan fingerprint density at radius 2 is 1.81 bits per heavy atom. The maximum atomic E-state index is 12.1. The van der Waals surface area contributed by atoms with Crippen LogP contribution >= 0.6 is 0 Å². The van der Waals surface area contributed by atoms with Gasteiger partial charge in [0.15, 0.2) is 0 Å². The van der Waals surface area contributed by atoms with E-state index in [1.807, 2.05) is 0 Å². The fraction of sp³-hybridized carbons (Fsp3) is 0.588. The van der Waals surface area contributed by atoms with Gasteiger partial charge in [0, 0.05) is 24.9 Å². The van der Waals surface area contributed by atoms with E-state index in [-0.39, 0.29) is 11.9 Å². The molecule has 1 fully saturated rings. The monoisotopic (exact) mass is 290 g/mol. The van der Waals surface area contributed by atoms with Crippen LogP contribution in [0.1, 0.15) is 37.8 Å². The minimum atomic E-state index is 0.0647. The number of hydrogen-bond donors (Lipinski definition) is 2. The highest BCUT2D eigenvalue weighted by Gasteiger charge is 2.16. The Hall–Kier alpha value is -1.55. The Morgan fingerprint density at radius 3 is 2.38 bits per heavy atom. The topological polar surface area (TPSA) is 50.4 Å². The molecule has 0 aliphatic carbocycles. The van der Waals surface area contributed by atoms with Gasteiger partial charge in [-0.15, -0.1) is 0 Å². The number of para-hydroxylation sites is 1. The van der Waals surface area contributed by atoms with E-state index in [1.54, 1.807) is 0 Å². The average molecular weight is 290 g/mol. The number of hydrogen-bond acceptors (Lipinski definition) is 3. The highest BCUT2D eigenvalue weighted by molar-refractivity contribution is 5.81. The molecule has 4 nitrogen and oxygen atoms in total. The zero-order valence-corrected chi connectivity index (χ0v) is 13.1. The van der Waals surface area contributed by atoms with Crippen LogP contribution in [0, 0.1) is 0 Å². The van der Waals surface area contributed by atoms with Crippen molar-refractivity contribution in [2.75, 3.05) is 25.1 Å². The summed E-state index contributed by atoms with van der Waals surface area (Å²) in [5.41, 5.74) is 3.67. The maximum absolute atomic E-state index is 12.1. The highest BCUT2D eigenvalue weighted by Crippen LogP contribution is 2.22. The molecule has 1 saturated heterocycles. The van der Waals surface area contributed by atoms with Crippen LogP contribution in [0.4, 0.5) is 5.69 Å². The van der Waals surface area contributed by atoms with Crippen molar-refractivity contribution >= 4 is 11.6 Å². The van der Waals surface area contributed by atoms with Crippen LogP contribution in [0.3, 0.4) is 0 Å². The second-order valence-corrected chi connectivity index (χ2v) is 5.47. The summed E-state index contributed by atoms with van der Waals surface area (Å²) in [6.07, 6.45) is 3.77. The fourth-order valence-corrected chi connectivity index (χ4v) is 2.76. The van der Waals surface area contributed by atoms with Crippen LogP contribution in [0.2, 0.25) is 0 Å². The van der Waals surface area contributed by atoms with Gasteiger partial charge in [0.1, 0.15) is 0 Å². The summed E-state index contributed by atoms with van der Waals surface area (Å²) in [5.74, 6) is 0.0647. The molecule has 0 unspecified atom stereocenters. The molecular formula is C17H26N2O2. The summed E-state index contributed by atoms with van der Waals surface area (Å²) in [6, 6.07) is 6.60. The quantitative estimate of drug-likeness (QED) is 0.846. The number of ether oxygens (including phenoxy) is 1. The first-order valence-corrected chi connectivity index (χ1v) is 7.96. The first kappa shape index (κ1) is 15.8. The van der Waals surface area contributed by atoms with Crippen molar-refractivity contribution in [2.24, 2.45) is 0 Å². The second-order valence-electron chi connectivity index (χ2n) is 5.47. The van der Waals surface area contributed by atoms with Gasteiger partial charge in [-0.25, -0.2) is 0 Å². The lowest BCUT2D eigenvalue weighted by atomic mass is 10.0. The third kappa shape index (κ3) is 4.46. The largest absolute Gasteiger partial charge is 0.381 e. The van der Waals surface area contributed by atoms with Crippen LogP contribution < -0.4 is 10.6 Å². The first-order chi connectivity index (χ1) is 10.2. The third-order valence-corrected chi connectivity index (χ3v) is 4.01. The average Bonchev–Trinajstić information content (AvgIpc) is 2.53. The van der Waals surface area contributed by atoms with Crippen molar-refractivity contribution in [3.8, 4) is 0 Å². The van der Waals surface area contributed by atoms with Gasteiger partial charge in [0.05, 0.1) is 6.54 Å². The van der Waals surface area contributed by atoms with Crippen molar-refractivity contribution in [3.05, 3.63) is 29.3 Å². The molecule has 0 radical (unpaired) electrons. The van der Waals surface area contributed by atoms with E-state index in [1.165, 1.54) is 11.1 Å². The minimum Gasteiger partial charge on any atom is -0.381 e. The molecule has 1 amide bonds. The number of benzene rings is 1. The molecule has 0 saturated carbocycles. The van der Waals surface area contributed by atoms with Crippen LogP contribution in [-0.2, 0) is 22.4 Å². The molecule has 0 bridgehead atoms. The van der Waals surface area contributed by atoms with E-state index < -0.39 is 0 Å². The molecular weight excluding hydrogens is 264 g/mol. The Labute approximate surface area is 127 Å². The fourth-order valence-electron chi connectivity index (χ4n) is 2.76. The molecule has 0 spiro atoms. The van der Waals surface area contributed by atoms with Gasteiger partial charge >= 0.3 is 0 Å². The predicted octanol–water partition coefficient (Wildman–Crippen LogP) is 2.52. The number of nitrogens with one attached hydrogen (secondary N) is 2. The molecule has 1 aliphatic rings. The summed E-state index contributed by atoms with van der Waals surface area (Å²) >= 11 is 0. The van der Waals surface area contributed by atoms with Gasteiger partial charge in [0.25, 0.3) is 0 Å². The second kappa shape index (κ2) is 8.03. The molecule has 1 aliphatic heterocycles. The Kier molecular flexibility index (Phi) is 6.05. The van der Waals surface area contributed by atoms with Crippen molar-refractivity contribution in [2.45, 2.75) is 45.6 Å². The van der Waals surface area contributed by atoms with E-state index in [2.05, 4.69) is 42.7 Å². The molecule has 0 atom stereocenters. The smallest absolute Gasteiger partial charge is 0.239 e. The van der Waals surface area contributed by atoms with E-state index in [9.17, 15) is 4.79 Å². The van der Waals surface area contributed by atoms with Crippen LogP contribution in [-0.4, -0.2) is 31.7 Å². The molecule has 0 aromatic heterocycles. The Balaban J connectivity index is 1.91. The minimum absolute atomic E-state index is 0.0647. The van der Waals surface area contributed by atoms with Crippen LogP contribution in [0.5, 0.6) is 0 Å². The van der Waals surface area contributed by atoms with Gasteiger partial charge < -0.3 is 15.4 Å². The SMILES string of the molecule is CCc1cccc(CC)c1NCC(=O)NC1CCOCC1. The summed E-state index contributed by atoms with van der Waals surface area (Å²) < 4.78 is 5.30. The van der Waals surface area contributed by atoms with Crippen molar-refractivity contribution in [1.82, 2.24) is 5.32 Å². The molecule has 1 aromatic carbocycles. The van der Waals surface area contributed by atoms with Gasteiger partial charge in [-0.05, 0) is 36.8 Å². The summed E-state index contributed by atoms with van der Waals surface area (Å²) in [7, 11) is 0. The number of aryl methyl sites for hydroxylation is 2. The molecule has 2 rings (SSSR count). The standard InChI is InChI=1S/C17H26N2O2/c1-3-13-6-5-7-14(4-2)17(13)18-12-16(20)19-15-8-10-21-11-9-15/h5-7,15,18H,3-4,8-12H2,1-2H3,(H,19,20). The molecule has 1 heterocycles. The van der Waals surface area contributed by atoms with Crippen LogP contribution in [0.15, 0.2) is 18.2 Å². The Morgan fingerprint density at radius 1 is 1.19 bits per heavy atom. The van der Waals surface area contributed by atoms with E-state index in [4.69, 9.17) is 4.74 Å². The molecule has 2 N–H and O–H groups in total. The van der Waals surface area contributed by atoms with Gasteiger partial charge in [-0.2, -0.15) is 0 Å². The van der Waals surface area contributed by atoms with Crippen molar-refractivity contribution in [3.63, 3.8) is 0 Å². The van der Waals surface area contributed by atoms with E-state index in [0.717, 1.165) is 44.6 Å². The van der Waals surface area contributed by atoms with Gasteiger partial charge in [-0.3, -0.25) is 4.79 Å². The van der Waals surface area contributed by atoms with Gasteiger partial charge in [-0.1, -0.05) is 32.0 Å². The molecule has 116 valence electrons. The zero-order valence-electron chi connectivity index (χ0n) is 13.1. The number of rotatable bonds is 6. The van der Waals surface area contributed by atoms with E-state index >= 15 is 0 Å². The number of anilines is 1. The molecule has 21 heavy (non-hydrogen) atoms. The Bertz CT molecular complexity index is 446. The summed E-state index contributed by atoms with van der Waals surface area (Å²) in [4.78, 5) is 12.1. The number of carbonyl (C=O) groups is 1. The number of amides is 1. The van der Waals surface area contributed by atoms with Crippen molar-refractivity contribution < 1.29 is 9.53 Å². The normalized spacial score (nSPS) is 15.7. The van der Waals surface area contributed by atoms with Gasteiger partial charge in [0.2, 0.25) is 5.91 Å². The predicted molar refractivity (Wildman–Crippen MR) is 85.7 cm³/mol. The lowest BCUT2D eigenvalue weighted by Gasteiger charge is -2.23. The van der Waals surface area contributed by atoms with E-state index in [0.29, 0.717) is 6.54 Å². The zero-order chi connectivity index (χ0) is 15.1. The molecule has 1 aromatic rings. The molecule has 4 heteroatoms. The third-order valence-electron chi connectivity index (χ3n) is 4.01. The number of carbonyl (C=O) groups excluding carboxylic acids is 1. The maximum Gasteiger partial charge on any atom is 0.239 e.